The van der Waals surface area contributed by atoms with Gasteiger partial charge in [-0.1, -0.05) is 20.8 Å². The van der Waals surface area contributed by atoms with Gasteiger partial charge in [0.15, 0.2) is 0 Å². The Hall–Kier alpha value is -0.120. The molecule has 1 aliphatic heterocycles. The van der Waals surface area contributed by atoms with E-state index in [0.29, 0.717) is 12.6 Å². The van der Waals surface area contributed by atoms with Crippen LogP contribution in [0.1, 0.15) is 33.6 Å². The highest BCUT2D eigenvalue weighted by molar-refractivity contribution is 4.73. The molecule has 3 heteroatoms. The molecule has 0 amide bonds. The lowest BCUT2D eigenvalue weighted by atomic mass is 9.99. The molecule has 0 spiro atoms. The number of piperidine rings is 1. The Morgan fingerprint density at radius 2 is 1.93 bits per heavy atom. The van der Waals surface area contributed by atoms with Gasteiger partial charge in [0.2, 0.25) is 0 Å². The normalized spacial score (nSPS) is 22.2. The van der Waals surface area contributed by atoms with Crippen molar-refractivity contribution >= 4 is 0 Å². The molecule has 0 saturated carbocycles. The lowest BCUT2D eigenvalue weighted by molar-refractivity contribution is 0.0896. The minimum absolute atomic E-state index is 0.221. The molecular weight excluding hydrogens is 188 g/mol. The predicted molar refractivity (Wildman–Crippen MR) is 64.0 cm³/mol. The molecule has 1 aliphatic rings. The van der Waals surface area contributed by atoms with E-state index in [1.807, 2.05) is 0 Å². The van der Waals surface area contributed by atoms with Crippen molar-refractivity contribution in [3.63, 3.8) is 0 Å². The molecule has 0 aliphatic carbocycles. The number of rotatable bonds is 5. The summed E-state index contributed by atoms with van der Waals surface area (Å²) in [5.74, 6) is 0.868. The molecule has 3 nitrogen and oxygen atoms in total. The van der Waals surface area contributed by atoms with Gasteiger partial charge in [-0.2, -0.15) is 0 Å². The van der Waals surface area contributed by atoms with E-state index in [-0.39, 0.29) is 6.10 Å². The SMILES string of the molecule is CC1CCN(CC(O)CNC(C)C)CC1. The number of nitrogens with one attached hydrogen (secondary N) is 1. The summed E-state index contributed by atoms with van der Waals surface area (Å²) < 4.78 is 0. The zero-order valence-electron chi connectivity index (χ0n) is 10.4. The predicted octanol–water partition coefficient (Wildman–Crippen LogP) is 1.08. The van der Waals surface area contributed by atoms with Gasteiger partial charge in [-0.25, -0.2) is 0 Å². The summed E-state index contributed by atoms with van der Waals surface area (Å²) >= 11 is 0. The minimum atomic E-state index is -0.221. The highest BCUT2D eigenvalue weighted by atomic mass is 16.3. The molecule has 1 fully saturated rings. The average molecular weight is 214 g/mol. The molecule has 1 atom stereocenters. The van der Waals surface area contributed by atoms with Crippen molar-refractivity contribution in [3.05, 3.63) is 0 Å². The first-order valence-electron chi connectivity index (χ1n) is 6.21. The molecule has 0 aromatic carbocycles. The number of aliphatic hydroxyl groups is 1. The lowest BCUT2D eigenvalue weighted by Crippen LogP contribution is -2.43. The molecule has 2 N–H and O–H groups in total. The van der Waals surface area contributed by atoms with E-state index in [1.54, 1.807) is 0 Å². The van der Waals surface area contributed by atoms with Crippen LogP contribution in [-0.4, -0.2) is 48.3 Å². The summed E-state index contributed by atoms with van der Waals surface area (Å²) in [4.78, 5) is 2.38. The Morgan fingerprint density at radius 3 is 2.47 bits per heavy atom. The maximum atomic E-state index is 9.81. The summed E-state index contributed by atoms with van der Waals surface area (Å²) in [7, 11) is 0. The maximum Gasteiger partial charge on any atom is 0.0791 e. The van der Waals surface area contributed by atoms with Crippen molar-refractivity contribution in [2.45, 2.75) is 45.8 Å². The molecule has 0 aromatic heterocycles. The molecular formula is C12H26N2O. The smallest absolute Gasteiger partial charge is 0.0791 e. The van der Waals surface area contributed by atoms with Crippen LogP contribution >= 0.6 is 0 Å². The average Bonchev–Trinajstić information content (AvgIpc) is 2.19. The third kappa shape index (κ3) is 5.50. The van der Waals surface area contributed by atoms with Gasteiger partial charge < -0.3 is 15.3 Å². The van der Waals surface area contributed by atoms with Crippen molar-refractivity contribution in [2.75, 3.05) is 26.2 Å². The Balaban J connectivity index is 2.12. The van der Waals surface area contributed by atoms with E-state index < -0.39 is 0 Å². The third-order valence-electron chi connectivity index (χ3n) is 3.11. The Morgan fingerprint density at radius 1 is 1.33 bits per heavy atom. The molecule has 0 bridgehead atoms. The van der Waals surface area contributed by atoms with E-state index in [4.69, 9.17) is 0 Å². The Kier molecular flexibility index (Phi) is 5.58. The number of likely N-dealkylation sites (tertiary alicyclic amines) is 1. The molecule has 90 valence electrons. The Bertz CT molecular complexity index is 165. The molecule has 0 aromatic rings. The van der Waals surface area contributed by atoms with Crippen molar-refractivity contribution in [1.82, 2.24) is 10.2 Å². The summed E-state index contributed by atoms with van der Waals surface area (Å²) in [5.41, 5.74) is 0. The van der Waals surface area contributed by atoms with Crippen LogP contribution in [0.15, 0.2) is 0 Å². The number of β-amino-alcohol motifs (C(OH)–C–C–N with tert-alkyl or cyclic N) is 1. The second kappa shape index (κ2) is 6.46. The molecule has 15 heavy (non-hydrogen) atoms. The van der Waals surface area contributed by atoms with Gasteiger partial charge in [0, 0.05) is 19.1 Å². The fourth-order valence-corrected chi connectivity index (χ4v) is 1.98. The van der Waals surface area contributed by atoms with Gasteiger partial charge in [-0.05, 0) is 31.8 Å². The van der Waals surface area contributed by atoms with Gasteiger partial charge in [-0.15, -0.1) is 0 Å². The van der Waals surface area contributed by atoms with Crippen LogP contribution in [0.4, 0.5) is 0 Å². The highest BCUT2D eigenvalue weighted by Crippen LogP contribution is 2.15. The fraction of sp³-hybridized carbons (Fsp3) is 1.00. The molecule has 1 saturated heterocycles. The monoisotopic (exact) mass is 214 g/mol. The lowest BCUT2D eigenvalue weighted by Gasteiger charge is -2.31. The first-order valence-corrected chi connectivity index (χ1v) is 6.21. The van der Waals surface area contributed by atoms with Crippen molar-refractivity contribution in [2.24, 2.45) is 5.92 Å². The maximum absolute atomic E-state index is 9.81. The minimum Gasteiger partial charge on any atom is -0.390 e. The standard InChI is InChI=1S/C12H26N2O/c1-10(2)13-8-12(15)9-14-6-4-11(3)5-7-14/h10-13,15H,4-9H2,1-3H3. The van der Waals surface area contributed by atoms with Crippen molar-refractivity contribution < 1.29 is 5.11 Å². The second-order valence-electron chi connectivity index (χ2n) is 5.20. The highest BCUT2D eigenvalue weighted by Gasteiger charge is 2.17. The van der Waals surface area contributed by atoms with Crippen LogP contribution in [0, 0.1) is 5.92 Å². The third-order valence-corrected chi connectivity index (χ3v) is 3.11. The van der Waals surface area contributed by atoms with Crippen molar-refractivity contribution in [1.29, 1.82) is 0 Å². The first kappa shape index (κ1) is 12.9. The topological polar surface area (TPSA) is 35.5 Å². The molecule has 1 unspecified atom stereocenters. The van der Waals surface area contributed by atoms with E-state index in [1.165, 1.54) is 12.8 Å². The number of aliphatic hydroxyl groups excluding tert-OH is 1. The van der Waals surface area contributed by atoms with Gasteiger partial charge in [0.05, 0.1) is 6.10 Å². The first-order chi connectivity index (χ1) is 7.08. The van der Waals surface area contributed by atoms with Gasteiger partial charge >= 0.3 is 0 Å². The number of hydrogen-bond donors (Lipinski definition) is 2. The van der Waals surface area contributed by atoms with Crippen LogP contribution in [0.5, 0.6) is 0 Å². The molecule has 1 heterocycles. The summed E-state index contributed by atoms with van der Waals surface area (Å²) in [6.45, 7) is 10.4. The van der Waals surface area contributed by atoms with Gasteiger partial charge in [0.25, 0.3) is 0 Å². The van der Waals surface area contributed by atoms with E-state index in [9.17, 15) is 5.11 Å². The zero-order chi connectivity index (χ0) is 11.3. The second-order valence-corrected chi connectivity index (χ2v) is 5.20. The van der Waals surface area contributed by atoms with E-state index in [0.717, 1.165) is 25.6 Å². The fourth-order valence-electron chi connectivity index (χ4n) is 1.98. The Labute approximate surface area is 93.9 Å². The zero-order valence-corrected chi connectivity index (χ0v) is 10.4. The van der Waals surface area contributed by atoms with E-state index >= 15 is 0 Å². The molecule has 1 rings (SSSR count). The number of hydrogen-bond acceptors (Lipinski definition) is 3. The van der Waals surface area contributed by atoms with Crippen LogP contribution in [0.3, 0.4) is 0 Å². The molecule has 0 radical (unpaired) electrons. The van der Waals surface area contributed by atoms with Crippen LogP contribution < -0.4 is 5.32 Å². The summed E-state index contributed by atoms with van der Waals surface area (Å²) in [5, 5.41) is 13.1. The van der Waals surface area contributed by atoms with Gasteiger partial charge in [0.1, 0.15) is 0 Å². The summed E-state index contributed by atoms with van der Waals surface area (Å²) in [6.07, 6.45) is 2.34. The van der Waals surface area contributed by atoms with Gasteiger partial charge in [-0.3, -0.25) is 0 Å². The largest absolute Gasteiger partial charge is 0.390 e. The quantitative estimate of drug-likeness (QED) is 0.719. The van der Waals surface area contributed by atoms with Crippen LogP contribution in [-0.2, 0) is 0 Å². The summed E-state index contributed by atoms with van der Waals surface area (Å²) in [6, 6.07) is 0.459. The van der Waals surface area contributed by atoms with Crippen LogP contribution in [0.25, 0.3) is 0 Å². The number of nitrogens with zero attached hydrogens (tertiary/aromatic N) is 1. The van der Waals surface area contributed by atoms with E-state index in [2.05, 4.69) is 31.0 Å². The van der Waals surface area contributed by atoms with Crippen LogP contribution in [0.2, 0.25) is 0 Å². The van der Waals surface area contributed by atoms with Crippen molar-refractivity contribution in [3.8, 4) is 0 Å².